The molecule has 1 aliphatic heterocycles. The van der Waals surface area contributed by atoms with Crippen LogP contribution in [0.5, 0.6) is 0 Å². The summed E-state index contributed by atoms with van der Waals surface area (Å²) >= 11 is 0. The standard InChI is InChI=1S/C83H59N5/c1-7-28-61(29-8-1)84(62-30-9-2-10-31-62)67-46-50-69(51-47-67)86(65-36-15-5-16-37-65)71-54-56-74-75-57-55-72(87(66-38-17-6-18-39-66)70-52-48-68(49-53-70)85(63-32-11-3-12-33-63)64-34-13-4-14-35-64)59-79(75)83(78(74)58-71)76-41-21-23-43-81(76)88(82-44-24-22-42-77(82)83)80-45-25-27-60-26-19-20-40-73(60)80/h1-59H. The third-order valence-corrected chi connectivity index (χ3v) is 17.5. The first kappa shape index (κ1) is 51.9. The van der Waals surface area contributed by atoms with Crippen molar-refractivity contribution < 1.29 is 0 Å². The van der Waals surface area contributed by atoms with E-state index in [0.717, 1.165) is 85.3 Å². The van der Waals surface area contributed by atoms with Crippen LogP contribution >= 0.6 is 0 Å². The van der Waals surface area contributed by atoms with Crippen LogP contribution in [0.1, 0.15) is 22.3 Å². The highest BCUT2D eigenvalue weighted by molar-refractivity contribution is 6.04. The normalized spacial score (nSPS) is 12.4. The first-order valence-corrected chi connectivity index (χ1v) is 30.2. The van der Waals surface area contributed by atoms with Crippen LogP contribution in [0.3, 0.4) is 0 Å². The van der Waals surface area contributed by atoms with Gasteiger partial charge in [-0.2, -0.15) is 0 Å². The predicted octanol–water partition coefficient (Wildman–Crippen LogP) is 22.9. The molecular weight excluding hydrogens is 1070 g/mol. The van der Waals surface area contributed by atoms with Crippen LogP contribution in [0.25, 0.3) is 21.9 Å². The van der Waals surface area contributed by atoms with E-state index in [9.17, 15) is 0 Å². The van der Waals surface area contributed by atoms with E-state index in [1.807, 2.05) is 0 Å². The van der Waals surface area contributed by atoms with Gasteiger partial charge in [-0.15, -0.1) is 0 Å². The number of hydrogen-bond acceptors (Lipinski definition) is 5. The molecule has 88 heavy (non-hydrogen) atoms. The Kier molecular flexibility index (Phi) is 13.0. The summed E-state index contributed by atoms with van der Waals surface area (Å²) in [6.45, 7) is 0. The van der Waals surface area contributed by atoms with Gasteiger partial charge in [-0.1, -0.05) is 194 Å². The SMILES string of the molecule is c1ccc(N(c2ccccc2)c2ccc(N(c3ccccc3)c3ccc4c(c3)C3(c5cc(N(c6ccccc6)c6ccc(N(c7ccccc7)c7ccccc7)cc6)ccc5-4)c4ccccc4N(c4cccc5ccccc45)c4ccccc43)cc2)cc1. The number of fused-ring (bicyclic) bond motifs is 10. The lowest BCUT2D eigenvalue weighted by Crippen LogP contribution is -2.36. The number of para-hydroxylation sites is 8. The van der Waals surface area contributed by atoms with Gasteiger partial charge in [0.2, 0.25) is 0 Å². The predicted molar refractivity (Wildman–Crippen MR) is 368 cm³/mol. The van der Waals surface area contributed by atoms with E-state index in [1.54, 1.807) is 0 Å². The number of hydrogen-bond donors (Lipinski definition) is 0. The van der Waals surface area contributed by atoms with E-state index in [4.69, 9.17) is 0 Å². The fourth-order valence-corrected chi connectivity index (χ4v) is 13.8. The summed E-state index contributed by atoms with van der Waals surface area (Å²) in [5, 5.41) is 2.40. The minimum atomic E-state index is -0.791. The molecule has 0 saturated carbocycles. The molecule has 1 spiro atoms. The largest absolute Gasteiger partial charge is 0.311 e. The first-order chi connectivity index (χ1) is 43.7. The molecule has 416 valence electrons. The molecule has 5 heteroatoms. The Morgan fingerprint density at radius 3 is 0.818 bits per heavy atom. The minimum absolute atomic E-state index is 0.791. The molecule has 0 atom stereocenters. The highest BCUT2D eigenvalue weighted by Crippen LogP contribution is 2.65. The molecule has 0 amide bonds. The first-order valence-electron chi connectivity index (χ1n) is 30.2. The second-order valence-electron chi connectivity index (χ2n) is 22.5. The fourth-order valence-electron chi connectivity index (χ4n) is 13.8. The Balaban J connectivity index is 0.903. The van der Waals surface area contributed by atoms with Gasteiger partial charge in [0.1, 0.15) is 0 Å². The van der Waals surface area contributed by atoms with Crippen LogP contribution in [-0.4, -0.2) is 0 Å². The molecule has 0 unspecified atom stereocenters. The van der Waals surface area contributed by atoms with Gasteiger partial charge in [-0.05, 0) is 203 Å². The molecule has 0 fully saturated rings. The third-order valence-electron chi connectivity index (χ3n) is 17.5. The van der Waals surface area contributed by atoms with Gasteiger partial charge in [0.15, 0.2) is 0 Å². The molecule has 0 bridgehead atoms. The summed E-state index contributed by atoms with van der Waals surface area (Å²) in [7, 11) is 0. The van der Waals surface area contributed by atoms with E-state index in [2.05, 4.69) is 382 Å². The summed E-state index contributed by atoms with van der Waals surface area (Å²) < 4.78 is 0. The molecule has 0 aromatic heterocycles. The lowest BCUT2D eigenvalue weighted by atomic mass is 9.64. The van der Waals surface area contributed by atoms with E-state index in [1.165, 1.54) is 44.2 Å². The van der Waals surface area contributed by atoms with E-state index in [0.29, 0.717) is 0 Å². The van der Waals surface area contributed by atoms with Crippen LogP contribution in [0.15, 0.2) is 358 Å². The summed E-state index contributed by atoms with van der Waals surface area (Å²) in [6.07, 6.45) is 0. The lowest BCUT2D eigenvalue weighted by molar-refractivity contribution is 0.753. The van der Waals surface area contributed by atoms with Crippen molar-refractivity contribution in [2.75, 3.05) is 24.5 Å². The monoisotopic (exact) mass is 1130 g/mol. The van der Waals surface area contributed by atoms with Crippen LogP contribution in [0.2, 0.25) is 0 Å². The quantitative estimate of drug-likeness (QED) is 0.114. The molecule has 2 aliphatic rings. The second-order valence-corrected chi connectivity index (χ2v) is 22.5. The molecule has 14 aromatic carbocycles. The van der Waals surface area contributed by atoms with Crippen molar-refractivity contribution in [1.29, 1.82) is 0 Å². The van der Waals surface area contributed by atoms with Crippen LogP contribution in [0, 0.1) is 0 Å². The number of rotatable bonds is 13. The topological polar surface area (TPSA) is 16.2 Å². The van der Waals surface area contributed by atoms with Crippen LogP contribution < -0.4 is 24.5 Å². The average Bonchev–Trinajstić information content (AvgIpc) is 1.47. The Hall–Kier alpha value is -11.7. The molecule has 14 aromatic rings. The summed E-state index contributed by atoms with van der Waals surface area (Å²) in [4.78, 5) is 12.0. The van der Waals surface area contributed by atoms with E-state index in [-0.39, 0.29) is 0 Å². The molecule has 0 N–H and O–H groups in total. The molecule has 16 rings (SSSR count). The van der Waals surface area contributed by atoms with Crippen LogP contribution in [-0.2, 0) is 5.41 Å². The Morgan fingerprint density at radius 1 is 0.193 bits per heavy atom. The maximum absolute atomic E-state index is 2.52. The molecule has 5 nitrogen and oxygen atoms in total. The number of benzene rings is 14. The van der Waals surface area contributed by atoms with Gasteiger partial charge in [-0.25, -0.2) is 0 Å². The summed E-state index contributed by atoms with van der Waals surface area (Å²) in [6, 6.07) is 130. The lowest BCUT2D eigenvalue weighted by Gasteiger charge is -2.45. The molecular formula is C83H59N5. The van der Waals surface area contributed by atoms with Crippen molar-refractivity contribution in [3.05, 3.63) is 380 Å². The average molecular weight is 1130 g/mol. The van der Waals surface area contributed by atoms with Crippen molar-refractivity contribution in [3.8, 4) is 11.1 Å². The van der Waals surface area contributed by atoms with Crippen molar-refractivity contribution in [3.63, 3.8) is 0 Å². The molecule has 0 saturated heterocycles. The van der Waals surface area contributed by atoms with Gasteiger partial charge >= 0.3 is 0 Å². The Bertz CT molecular complexity index is 4440. The van der Waals surface area contributed by atoms with Crippen molar-refractivity contribution in [1.82, 2.24) is 0 Å². The van der Waals surface area contributed by atoms with E-state index < -0.39 is 5.41 Å². The zero-order valence-electron chi connectivity index (χ0n) is 48.3. The highest BCUT2D eigenvalue weighted by Gasteiger charge is 2.52. The third kappa shape index (κ3) is 8.79. The van der Waals surface area contributed by atoms with Gasteiger partial charge in [0.25, 0.3) is 0 Å². The second kappa shape index (κ2) is 22.1. The number of nitrogens with zero attached hydrogens (tertiary/aromatic N) is 5. The van der Waals surface area contributed by atoms with Gasteiger partial charge in [0.05, 0.1) is 22.5 Å². The maximum Gasteiger partial charge on any atom is 0.0755 e. The molecule has 1 heterocycles. The fraction of sp³-hybridized carbons (Fsp3) is 0.0120. The van der Waals surface area contributed by atoms with Gasteiger partial charge < -0.3 is 24.5 Å². The van der Waals surface area contributed by atoms with Crippen molar-refractivity contribution in [2.45, 2.75) is 5.41 Å². The van der Waals surface area contributed by atoms with Gasteiger partial charge in [-0.3, -0.25) is 0 Å². The summed E-state index contributed by atoms with van der Waals surface area (Å²) in [5.74, 6) is 0. The Labute approximate surface area is 514 Å². The maximum atomic E-state index is 2.52. The smallest absolute Gasteiger partial charge is 0.0755 e. The minimum Gasteiger partial charge on any atom is -0.311 e. The Morgan fingerprint density at radius 2 is 0.455 bits per heavy atom. The van der Waals surface area contributed by atoms with Crippen molar-refractivity contribution >= 4 is 96.1 Å². The van der Waals surface area contributed by atoms with Crippen molar-refractivity contribution in [2.24, 2.45) is 0 Å². The van der Waals surface area contributed by atoms with E-state index >= 15 is 0 Å². The highest BCUT2D eigenvalue weighted by atomic mass is 15.2. The zero-order chi connectivity index (χ0) is 58.4. The molecule has 0 radical (unpaired) electrons. The molecule has 1 aliphatic carbocycles. The van der Waals surface area contributed by atoms with Crippen LogP contribution in [0.4, 0.5) is 85.3 Å². The number of anilines is 15. The zero-order valence-corrected chi connectivity index (χ0v) is 48.3. The summed E-state index contributed by atoms with van der Waals surface area (Å²) in [5.41, 5.74) is 22.8. The van der Waals surface area contributed by atoms with Gasteiger partial charge in [0, 0.05) is 73.6 Å².